The van der Waals surface area contributed by atoms with E-state index in [0.29, 0.717) is 0 Å². The molecule has 4 heteroatoms. The maximum atomic E-state index is 11.3. The van der Waals surface area contributed by atoms with E-state index in [2.05, 4.69) is 4.94 Å². The van der Waals surface area contributed by atoms with Gasteiger partial charge in [0.05, 0.1) is 0 Å². The summed E-state index contributed by atoms with van der Waals surface area (Å²) in [5.41, 5.74) is 0. The smallest absolute Gasteiger partial charge is 0.173 e. The molecule has 0 saturated heterocycles. The molecule has 0 atom stereocenters. The second-order valence-electron chi connectivity index (χ2n) is 1.07. The molecule has 0 aromatic heterocycles. The second kappa shape index (κ2) is 2.16. The van der Waals surface area contributed by atoms with Gasteiger partial charge in [-0.1, -0.05) is 6.92 Å². The van der Waals surface area contributed by atoms with Gasteiger partial charge in [-0.15, -0.1) is 4.94 Å². The van der Waals surface area contributed by atoms with Crippen molar-refractivity contribution in [3.05, 3.63) is 0 Å². The quantitative estimate of drug-likeness (QED) is 0.532. The van der Waals surface area contributed by atoms with E-state index in [4.69, 9.17) is 0 Å². The van der Waals surface area contributed by atoms with Gasteiger partial charge in [-0.3, -0.25) is 0 Å². The fourth-order valence-corrected chi connectivity index (χ4v) is 0.0546. The van der Waals surface area contributed by atoms with Crippen LogP contribution in [0.1, 0.15) is 13.3 Å². The predicted molar refractivity (Wildman–Crippen MR) is 17.4 cm³/mol. The van der Waals surface area contributed by atoms with E-state index in [-0.39, 0.29) is 0 Å². The van der Waals surface area contributed by atoms with Crippen LogP contribution in [0.25, 0.3) is 0 Å². The lowest BCUT2D eigenvalue weighted by Crippen LogP contribution is -2.13. The van der Waals surface area contributed by atoms with Crippen LogP contribution in [0.4, 0.5) is 13.3 Å². The Kier molecular flexibility index (Phi) is 2.08. The summed E-state index contributed by atoms with van der Waals surface area (Å²) in [6.45, 7) is 1.12. The fourth-order valence-electron chi connectivity index (χ4n) is 0.0546. The van der Waals surface area contributed by atoms with Crippen molar-refractivity contribution in [2.45, 2.75) is 19.5 Å². The molecule has 0 heterocycles. The van der Waals surface area contributed by atoms with Crippen molar-refractivity contribution in [3.8, 4) is 0 Å². The zero-order chi connectivity index (χ0) is 5.91. The van der Waals surface area contributed by atoms with Gasteiger partial charge in [0.25, 0.3) is 0 Å². The molecule has 7 heavy (non-hydrogen) atoms. The molecule has 0 amide bonds. The van der Waals surface area contributed by atoms with E-state index in [1.165, 1.54) is 0 Å². The Morgan fingerprint density at radius 2 is 2.00 bits per heavy atom. The maximum absolute atomic E-state index is 11.3. The minimum Gasteiger partial charge on any atom is -0.173 e. The molecule has 0 saturated carbocycles. The van der Waals surface area contributed by atoms with E-state index < -0.39 is 12.5 Å². The first kappa shape index (κ1) is 6.75. The zero-order valence-electron chi connectivity index (χ0n) is 3.75. The highest BCUT2D eigenvalue weighted by atomic mass is 19.4. The van der Waals surface area contributed by atoms with Gasteiger partial charge in [-0.25, -0.2) is 0 Å². The minimum absolute atomic E-state index is 0.635. The van der Waals surface area contributed by atoms with E-state index in [0.717, 1.165) is 6.92 Å². The van der Waals surface area contributed by atoms with Crippen LogP contribution in [0, 0.1) is 0 Å². The molecule has 0 unspecified atom stereocenters. The number of rotatable bonds is 2. The van der Waals surface area contributed by atoms with Crippen LogP contribution >= 0.6 is 0 Å². The van der Waals surface area contributed by atoms with Gasteiger partial charge < -0.3 is 0 Å². The highest BCUT2D eigenvalue weighted by molar-refractivity contribution is 4.40. The van der Waals surface area contributed by atoms with Crippen LogP contribution in [0.5, 0.6) is 0 Å². The normalized spacial score (nSPS) is 12.0. The highest BCUT2D eigenvalue weighted by Gasteiger charge is 2.27. The van der Waals surface area contributed by atoms with Crippen LogP contribution in [0.3, 0.4) is 0 Å². The molecule has 1 nitrogen and oxygen atoms in total. The summed E-state index contributed by atoms with van der Waals surface area (Å²) in [4.78, 5) is 2.25. The Morgan fingerprint density at radius 3 is 2.00 bits per heavy atom. The lowest BCUT2D eigenvalue weighted by Gasteiger charge is -2.03. The summed E-state index contributed by atoms with van der Waals surface area (Å²) in [5.74, 6) is 0. The van der Waals surface area contributed by atoms with Crippen molar-refractivity contribution >= 4 is 0 Å². The van der Waals surface area contributed by atoms with Gasteiger partial charge in [-0.05, 0) is 4.53 Å². The summed E-state index contributed by atoms with van der Waals surface area (Å²) in [6.07, 6.45) is -4.22. The van der Waals surface area contributed by atoms with Crippen molar-refractivity contribution in [1.29, 1.82) is 0 Å². The molecule has 0 aliphatic rings. The standard InChI is InChI=1S/C3H5F3O/c1-2-3(4,5)7-6/h2H2,1H3. The topological polar surface area (TPSA) is 9.23 Å². The summed E-state index contributed by atoms with van der Waals surface area (Å²) in [5, 5.41) is 0. The molecule has 0 aromatic rings. The molecule has 0 aliphatic carbocycles. The lowest BCUT2D eigenvalue weighted by molar-refractivity contribution is -0.354. The number of alkyl halides is 2. The molecule has 0 radical (unpaired) electrons. The van der Waals surface area contributed by atoms with Crippen LogP contribution in [-0.2, 0) is 4.94 Å². The molecule has 0 fully saturated rings. The Hall–Kier alpha value is -0.250. The largest absolute Gasteiger partial charge is 0.386 e. The first-order valence-corrected chi connectivity index (χ1v) is 1.80. The monoisotopic (exact) mass is 114 g/mol. The van der Waals surface area contributed by atoms with Crippen molar-refractivity contribution < 1.29 is 18.2 Å². The minimum atomic E-state index is -3.58. The molecule has 44 valence electrons. The van der Waals surface area contributed by atoms with Crippen LogP contribution in [0.2, 0.25) is 0 Å². The van der Waals surface area contributed by atoms with Crippen LogP contribution in [0.15, 0.2) is 0 Å². The zero-order valence-corrected chi connectivity index (χ0v) is 3.75. The average molecular weight is 114 g/mol. The molecule has 0 N–H and O–H groups in total. The first-order valence-electron chi connectivity index (χ1n) is 1.80. The molecular formula is C3H5F3O. The Morgan fingerprint density at radius 1 is 1.57 bits per heavy atom. The lowest BCUT2D eigenvalue weighted by atomic mass is 10.5. The third-order valence-electron chi connectivity index (χ3n) is 0.524. The molecular weight excluding hydrogens is 109 g/mol. The number of hydrogen-bond donors (Lipinski definition) is 0. The predicted octanol–water partition coefficient (Wildman–Crippen LogP) is 1.89. The van der Waals surface area contributed by atoms with Gasteiger partial charge >= 0.3 is 6.11 Å². The molecule has 0 aromatic carbocycles. The Balaban J connectivity index is 3.36. The van der Waals surface area contributed by atoms with E-state index in [1.807, 2.05) is 0 Å². The molecule has 0 aliphatic heterocycles. The van der Waals surface area contributed by atoms with Gasteiger partial charge in [0.2, 0.25) is 0 Å². The van der Waals surface area contributed by atoms with Gasteiger partial charge in [0.15, 0.2) is 0 Å². The Bertz CT molecular complexity index is 48.1. The second-order valence-corrected chi connectivity index (χ2v) is 1.07. The summed E-state index contributed by atoms with van der Waals surface area (Å²) < 4.78 is 33.1. The number of hydrogen-bond acceptors (Lipinski definition) is 1. The van der Waals surface area contributed by atoms with Crippen molar-refractivity contribution in [1.82, 2.24) is 0 Å². The average Bonchev–Trinajstić information content (AvgIpc) is 1.68. The van der Waals surface area contributed by atoms with Crippen LogP contribution in [-0.4, -0.2) is 6.11 Å². The first-order chi connectivity index (χ1) is 3.12. The molecule has 0 spiro atoms. The Labute approximate surface area is 39.0 Å². The molecule has 0 rings (SSSR count). The fraction of sp³-hybridized carbons (Fsp3) is 1.00. The van der Waals surface area contributed by atoms with E-state index in [1.54, 1.807) is 0 Å². The highest BCUT2D eigenvalue weighted by Crippen LogP contribution is 2.18. The van der Waals surface area contributed by atoms with E-state index in [9.17, 15) is 13.3 Å². The van der Waals surface area contributed by atoms with Gasteiger partial charge in [0.1, 0.15) is 0 Å². The van der Waals surface area contributed by atoms with E-state index >= 15 is 0 Å². The third-order valence-corrected chi connectivity index (χ3v) is 0.524. The summed E-state index contributed by atoms with van der Waals surface area (Å²) >= 11 is 0. The number of halogens is 3. The van der Waals surface area contributed by atoms with Crippen molar-refractivity contribution in [2.75, 3.05) is 0 Å². The maximum Gasteiger partial charge on any atom is 0.386 e. The third kappa shape index (κ3) is 2.45. The SMILES string of the molecule is CCC(F)(F)OF. The summed E-state index contributed by atoms with van der Waals surface area (Å²) in [7, 11) is 0. The van der Waals surface area contributed by atoms with Gasteiger partial charge in [0, 0.05) is 6.42 Å². The van der Waals surface area contributed by atoms with Gasteiger partial charge in [-0.2, -0.15) is 8.78 Å². The molecule has 0 bridgehead atoms. The summed E-state index contributed by atoms with van der Waals surface area (Å²) in [6, 6.07) is 0. The van der Waals surface area contributed by atoms with Crippen LogP contribution < -0.4 is 0 Å². The van der Waals surface area contributed by atoms with Crippen molar-refractivity contribution in [2.24, 2.45) is 0 Å². The van der Waals surface area contributed by atoms with Crippen molar-refractivity contribution in [3.63, 3.8) is 0 Å².